The molecular weight excluding hydrogens is 328 g/mol. The van der Waals surface area contributed by atoms with Crippen molar-refractivity contribution in [3.63, 3.8) is 0 Å². The second-order valence-corrected chi connectivity index (χ2v) is 6.75. The van der Waals surface area contributed by atoms with Crippen LogP contribution in [0.5, 0.6) is 0 Å². The van der Waals surface area contributed by atoms with Gasteiger partial charge in [-0.3, -0.25) is 4.99 Å². The number of aliphatic imine (C=N–C) groups is 1. The lowest BCUT2D eigenvalue weighted by atomic mass is 10.00. The van der Waals surface area contributed by atoms with Crippen LogP contribution in [0.25, 0.3) is 0 Å². The lowest BCUT2D eigenvalue weighted by Gasteiger charge is -2.22. The third-order valence-corrected chi connectivity index (χ3v) is 4.82. The molecule has 0 saturated carbocycles. The molecule has 25 heavy (non-hydrogen) atoms. The molecule has 0 saturated heterocycles. The lowest BCUT2D eigenvalue weighted by Crippen LogP contribution is -2.22. The van der Waals surface area contributed by atoms with Gasteiger partial charge in [0.2, 0.25) is 0 Å². The summed E-state index contributed by atoms with van der Waals surface area (Å²) in [5.41, 5.74) is 5.57. The third-order valence-electron chi connectivity index (χ3n) is 4.59. The Kier molecular flexibility index (Phi) is 4.29. The van der Waals surface area contributed by atoms with Crippen LogP contribution in [0, 0.1) is 0 Å². The largest absolute Gasteiger partial charge is 0.372 e. The van der Waals surface area contributed by atoms with Crippen LogP contribution in [0.15, 0.2) is 83.9 Å². The van der Waals surface area contributed by atoms with Crippen LogP contribution in [0.2, 0.25) is 5.02 Å². The van der Waals surface area contributed by atoms with Gasteiger partial charge in [-0.2, -0.15) is 0 Å². The molecule has 1 unspecified atom stereocenters. The van der Waals surface area contributed by atoms with Crippen molar-refractivity contribution in [3.05, 3.63) is 101 Å². The Morgan fingerprint density at radius 2 is 1.60 bits per heavy atom. The molecule has 1 heterocycles. The number of hydrogen-bond donors (Lipinski definition) is 0. The maximum atomic E-state index is 6.31. The summed E-state index contributed by atoms with van der Waals surface area (Å²) in [5, 5.41) is 0.731. The van der Waals surface area contributed by atoms with Gasteiger partial charge in [-0.05, 0) is 23.8 Å². The van der Waals surface area contributed by atoms with Crippen LogP contribution >= 0.6 is 11.6 Å². The van der Waals surface area contributed by atoms with Crippen molar-refractivity contribution in [2.75, 3.05) is 18.5 Å². The standard InChI is InChI=1S/C22H19ClN2/c1-25-15-20(16-8-4-2-5-9-16)24-22(17-10-6-3-7-11-17)19-14-18(23)12-13-21(19)25/h2-14,20H,15H2,1H3. The van der Waals surface area contributed by atoms with Crippen molar-refractivity contribution in [2.45, 2.75) is 6.04 Å². The van der Waals surface area contributed by atoms with Gasteiger partial charge in [-0.1, -0.05) is 72.3 Å². The first-order valence-corrected chi connectivity index (χ1v) is 8.79. The molecular formula is C22H19ClN2. The van der Waals surface area contributed by atoms with Crippen molar-refractivity contribution < 1.29 is 0 Å². The van der Waals surface area contributed by atoms with Crippen molar-refractivity contribution in [2.24, 2.45) is 4.99 Å². The van der Waals surface area contributed by atoms with Gasteiger partial charge < -0.3 is 4.90 Å². The van der Waals surface area contributed by atoms with E-state index < -0.39 is 0 Å². The minimum Gasteiger partial charge on any atom is -0.372 e. The first-order chi connectivity index (χ1) is 12.2. The maximum absolute atomic E-state index is 6.31. The summed E-state index contributed by atoms with van der Waals surface area (Å²) >= 11 is 6.31. The molecule has 3 aromatic carbocycles. The molecule has 0 fully saturated rings. The minimum atomic E-state index is 0.0765. The summed E-state index contributed by atoms with van der Waals surface area (Å²) in [5.74, 6) is 0. The second-order valence-electron chi connectivity index (χ2n) is 6.31. The highest BCUT2D eigenvalue weighted by Crippen LogP contribution is 2.33. The molecule has 124 valence electrons. The number of rotatable bonds is 2. The molecule has 0 spiro atoms. The Bertz CT molecular complexity index is 904. The van der Waals surface area contributed by atoms with Gasteiger partial charge in [0.25, 0.3) is 0 Å². The SMILES string of the molecule is CN1CC(c2ccccc2)N=C(c2ccccc2)c2cc(Cl)ccc21. The molecule has 0 N–H and O–H groups in total. The van der Waals surface area contributed by atoms with E-state index in [4.69, 9.17) is 16.6 Å². The maximum Gasteiger partial charge on any atom is 0.0931 e. The van der Waals surface area contributed by atoms with E-state index in [1.807, 2.05) is 36.4 Å². The zero-order valence-corrected chi connectivity index (χ0v) is 14.8. The summed E-state index contributed by atoms with van der Waals surface area (Å²) in [4.78, 5) is 7.43. The number of benzodiazepines with no additional fused rings is 1. The number of likely N-dealkylation sites (N-methyl/N-ethyl adjacent to an activating group) is 1. The Morgan fingerprint density at radius 1 is 0.920 bits per heavy atom. The van der Waals surface area contributed by atoms with E-state index in [0.29, 0.717) is 0 Å². The summed E-state index contributed by atoms with van der Waals surface area (Å²) < 4.78 is 0. The molecule has 2 nitrogen and oxygen atoms in total. The Hall–Kier alpha value is -2.58. The van der Waals surface area contributed by atoms with Gasteiger partial charge in [0.1, 0.15) is 0 Å². The topological polar surface area (TPSA) is 15.6 Å². The number of nitrogens with zero attached hydrogens (tertiary/aromatic N) is 2. The van der Waals surface area contributed by atoms with Crippen LogP contribution in [0.4, 0.5) is 5.69 Å². The van der Waals surface area contributed by atoms with Crippen molar-refractivity contribution in [1.82, 2.24) is 0 Å². The van der Waals surface area contributed by atoms with Crippen LogP contribution in [-0.2, 0) is 0 Å². The summed E-state index contributed by atoms with van der Waals surface area (Å²) in [7, 11) is 2.12. The average molecular weight is 347 g/mol. The van der Waals surface area contributed by atoms with Gasteiger partial charge >= 0.3 is 0 Å². The zero-order valence-electron chi connectivity index (χ0n) is 14.1. The lowest BCUT2D eigenvalue weighted by molar-refractivity contribution is 0.713. The van der Waals surface area contributed by atoms with Gasteiger partial charge in [0, 0.05) is 35.4 Å². The fourth-order valence-electron chi connectivity index (χ4n) is 3.34. The Morgan fingerprint density at radius 3 is 2.32 bits per heavy atom. The van der Waals surface area contributed by atoms with E-state index in [1.165, 1.54) is 5.56 Å². The predicted octanol–water partition coefficient (Wildman–Crippen LogP) is 5.37. The molecule has 1 atom stereocenters. The highest BCUT2D eigenvalue weighted by Gasteiger charge is 2.24. The molecule has 1 aliphatic heterocycles. The summed E-state index contributed by atoms with van der Waals surface area (Å²) in [6.45, 7) is 0.828. The molecule has 0 aliphatic carbocycles. The second kappa shape index (κ2) is 6.73. The number of hydrogen-bond acceptors (Lipinski definition) is 2. The van der Waals surface area contributed by atoms with E-state index in [9.17, 15) is 0 Å². The molecule has 3 heteroatoms. The number of fused-ring (bicyclic) bond motifs is 1. The number of halogens is 1. The molecule has 1 aliphatic rings. The highest BCUT2D eigenvalue weighted by molar-refractivity contribution is 6.31. The molecule has 0 bridgehead atoms. The molecule has 0 amide bonds. The van der Waals surface area contributed by atoms with E-state index in [1.54, 1.807) is 0 Å². The zero-order chi connectivity index (χ0) is 17.2. The molecule has 0 radical (unpaired) electrons. The van der Waals surface area contributed by atoms with Gasteiger partial charge in [0.15, 0.2) is 0 Å². The first kappa shape index (κ1) is 15.9. The van der Waals surface area contributed by atoms with Gasteiger partial charge in [-0.15, -0.1) is 0 Å². The van der Waals surface area contributed by atoms with Gasteiger partial charge in [-0.25, -0.2) is 0 Å². The molecule has 0 aromatic heterocycles. The van der Waals surface area contributed by atoms with Crippen molar-refractivity contribution >= 4 is 23.0 Å². The van der Waals surface area contributed by atoms with E-state index in [2.05, 4.69) is 54.4 Å². The van der Waals surface area contributed by atoms with E-state index in [0.717, 1.165) is 34.1 Å². The third kappa shape index (κ3) is 3.18. The first-order valence-electron chi connectivity index (χ1n) is 8.41. The Labute approximate surface area is 153 Å². The monoisotopic (exact) mass is 346 g/mol. The van der Waals surface area contributed by atoms with Crippen LogP contribution in [0.3, 0.4) is 0 Å². The minimum absolute atomic E-state index is 0.0765. The van der Waals surface area contributed by atoms with E-state index >= 15 is 0 Å². The van der Waals surface area contributed by atoms with Crippen molar-refractivity contribution in [1.29, 1.82) is 0 Å². The smallest absolute Gasteiger partial charge is 0.0931 e. The summed E-state index contributed by atoms with van der Waals surface area (Å²) in [6, 6.07) is 27.0. The van der Waals surface area contributed by atoms with Crippen LogP contribution in [0.1, 0.15) is 22.7 Å². The van der Waals surface area contributed by atoms with Gasteiger partial charge in [0.05, 0.1) is 11.8 Å². The highest BCUT2D eigenvalue weighted by atomic mass is 35.5. The van der Waals surface area contributed by atoms with Crippen LogP contribution in [-0.4, -0.2) is 19.3 Å². The van der Waals surface area contributed by atoms with Crippen molar-refractivity contribution in [3.8, 4) is 0 Å². The number of anilines is 1. The summed E-state index contributed by atoms with van der Waals surface area (Å²) in [6.07, 6.45) is 0. The normalized spacial score (nSPS) is 16.8. The van der Waals surface area contributed by atoms with Crippen LogP contribution < -0.4 is 4.90 Å². The van der Waals surface area contributed by atoms with E-state index in [-0.39, 0.29) is 6.04 Å². The quantitative estimate of drug-likeness (QED) is 0.609. The Balaban J connectivity index is 1.92. The molecule has 3 aromatic rings. The molecule has 4 rings (SSSR count). The number of benzene rings is 3. The average Bonchev–Trinajstić information content (AvgIpc) is 2.80. The predicted molar refractivity (Wildman–Crippen MR) is 106 cm³/mol. The fourth-order valence-corrected chi connectivity index (χ4v) is 3.51. The fraction of sp³-hybridized carbons (Fsp3) is 0.136.